The summed E-state index contributed by atoms with van der Waals surface area (Å²) in [5.74, 6) is 0. The molecule has 0 saturated carbocycles. The number of thiol groups is 1. The van der Waals surface area contributed by atoms with Gasteiger partial charge < -0.3 is 0 Å². The first-order valence-electron chi connectivity index (χ1n) is 6.91. The molecule has 21 heavy (non-hydrogen) atoms. The Morgan fingerprint density at radius 2 is 1.14 bits per heavy atom. The van der Waals surface area contributed by atoms with Crippen molar-refractivity contribution in [3.63, 3.8) is 0 Å². The fourth-order valence-electron chi connectivity index (χ4n) is 1.98. The fraction of sp³-hybridized carbons (Fsp3) is 0.0526. The van der Waals surface area contributed by atoms with E-state index in [1.54, 1.807) is 11.8 Å². The summed E-state index contributed by atoms with van der Waals surface area (Å²) in [4.78, 5) is 5.23. The van der Waals surface area contributed by atoms with Crippen molar-refractivity contribution in [2.75, 3.05) is 0 Å². The Hall–Kier alpha value is -1.64. The average Bonchev–Trinajstić information content (AvgIpc) is 2.53. The van der Waals surface area contributed by atoms with E-state index in [-0.39, 0.29) is 0 Å². The van der Waals surface area contributed by atoms with Gasteiger partial charge in [0.1, 0.15) is 0 Å². The Bertz CT molecular complexity index is 686. The van der Waals surface area contributed by atoms with Crippen molar-refractivity contribution in [2.45, 2.75) is 26.5 Å². The Morgan fingerprint density at radius 3 is 1.76 bits per heavy atom. The molecule has 3 aromatic rings. The standard InChI is InChI=1S/C19H16S2/c1-15-7-9-17(10-8-15)21-19-13-11-18(12-14-19)20-16-5-3-2-4-6-16/h2-14H,1H3/p+1. The normalized spacial score (nSPS) is 10.5. The predicted molar refractivity (Wildman–Crippen MR) is 93.5 cm³/mol. The van der Waals surface area contributed by atoms with Crippen LogP contribution in [0.15, 0.2) is 98.4 Å². The summed E-state index contributed by atoms with van der Waals surface area (Å²) in [6.07, 6.45) is 0. The zero-order chi connectivity index (χ0) is 14.5. The van der Waals surface area contributed by atoms with E-state index in [1.807, 2.05) is 6.07 Å². The van der Waals surface area contributed by atoms with Gasteiger partial charge in [0.2, 0.25) is 0 Å². The minimum atomic E-state index is 1.27. The van der Waals surface area contributed by atoms with Gasteiger partial charge in [-0.1, -0.05) is 47.7 Å². The molecule has 0 atom stereocenters. The van der Waals surface area contributed by atoms with Crippen molar-refractivity contribution in [1.82, 2.24) is 0 Å². The molecule has 0 aliphatic heterocycles. The zero-order valence-corrected chi connectivity index (χ0v) is 13.6. The van der Waals surface area contributed by atoms with Crippen LogP contribution in [0.5, 0.6) is 0 Å². The molecule has 0 radical (unpaired) electrons. The molecule has 104 valence electrons. The lowest BCUT2D eigenvalue weighted by molar-refractivity contribution is 1.32. The first kappa shape index (κ1) is 14.3. The first-order valence-corrected chi connectivity index (χ1v) is 8.62. The van der Waals surface area contributed by atoms with Crippen molar-refractivity contribution < 1.29 is 0 Å². The second-order valence-electron chi connectivity index (χ2n) is 4.86. The monoisotopic (exact) mass is 309 g/mol. The summed E-state index contributed by atoms with van der Waals surface area (Å²) in [6.45, 7) is 2.12. The van der Waals surface area contributed by atoms with Crippen molar-refractivity contribution >= 4 is 23.5 Å². The van der Waals surface area contributed by atoms with Crippen LogP contribution in [-0.4, -0.2) is 0 Å². The molecule has 3 aromatic carbocycles. The third kappa shape index (κ3) is 4.16. The molecule has 3 rings (SSSR count). The molecule has 0 aliphatic carbocycles. The van der Waals surface area contributed by atoms with E-state index in [9.17, 15) is 0 Å². The molecule has 0 fully saturated rings. The smallest absolute Gasteiger partial charge is 0.0901 e. The highest BCUT2D eigenvalue weighted by Gasteiger charge is 2.07. The van der Waals surface area contributed by atoms with Crippen molar-refractivity contribution in [3.8, 4) is 0 Å². The number of benzene rings is 3. The molecule has 0 aliphatic rings. The highest BCUT2D eigenvalue weighted by atomic mass is 32.2. The first-order chi connectivity index (χ1) is 10.3. The van der Waals surface area contributed by atoms with Crippen LogP contribution in [0.1, 0.15) is 5.56 Å². The van der Waals surface area contributed by atoms with Crippen LogP contribution in [0.2, 0.25) is 0 Å². The van der Waals surface area contributed by atoms with Crippen LogP contribution in [0, 0.1) is 6.92 Å². The number of hydrogen-bond acceptors (Lipinski definition) is 1. The minimum absolute atomic E-state index is 1.27. The lowest BCUT2D eigenvalue weighted by atomic mass is 10.2. The van der Waals surface area contributed by atoms with Gasteiger partial charge in [0.15, 0.2) is 9.79 Å². The summed E-state index contributed by atoms with van der Waals surface area (Å²) < 4.78 is 0. The molecular formula is C19H17S2+. The van der Waals surface area contributed by atoms with E-state index in [0.717, 1.165) is 0 Å². The maximum Gasteiger partial charge on any atom is 0.158 e. The summed E-state index contributed by atoms with van der Waals surface area (Å²) in [5, 5.41) is 0. The van der Waals surface area contributed by atoms with Gasteiger partial charge in [0.05, 0.1) is 0 Å². The van der Waals surface area contributed by atoms with Crippen LogP contribution < -0.4 is 0 Å². The number of rotatable bonds is 4. The SMILES string of the molecule is Cc1ccc([SH+]c2ccc(Sc3ccccc3)cc2)cc1. The predicted octanol–water partition coefficient (Wildman–Crippen LogP) is 5.38. The topological polar surface area (TPSA) is 0 Å². The van der Waals surface area contributed by atoms with E-state index in [4.69, 9.17) is 0 Å². The van der Waals surface area contributed by atoms with Crippen LogP contribution in [-0.2, 0) is 11.8 Å². The van der Waals surface area contributed by atoms with Gasteiger partial charge in [-0.2, -0.15) is 0 Å². The van der Waals surface area contributed by atoms with Gasteiger partial charge in [-0.25, -0.2) is 0 Å². The molecule has 2 heteroatoms. The molecule has 0 saturated heterocycles. The largest absolute Gasteiger partial charge is 0.158 e. The van der Waals surface area contributed by atoms with E-state index >= 15 is 0 Å². The maximum atomic E-state index is 2.21. The molecule has 0 spiro atoms. The zero-order valence-electron chi connectivity index (χ0n) is 11.9. The molecular weight excluding hydrogens is 292 g/mol. The van der Waals surface area contributed by atoms with Gasteiger partial charge >= 0.3 is 0 Å². The third-order valence-electron chi connectivity index (χ3n) is 3.11. The molecule has 0 heterocycles. The lowest BCUT2D eigenvalue weighted by Crippen LogP contribution is -1.85. The highest BCUT2D eigenvalue weighted by Crippen LogP contribution is 2.28. The van der Waals surface area contributed by atoms with E-state index in [1.165, 1.54) is 36.9 Å². The van der Waals surface area contributed by atoms with E-state index in [0.29, 0.717) is 0 Å². The van der Waals surface area contributed by atoms with Gasteiger partial charge in [0, 0.05) is 21.6 Å². The Morgan fingerprint density at radius 1 is 0.619 bits per heavy atom. The Kier molecular flexibility index (Phi) is 4.69. The summed E-state index contributed by atoms with van der Waals surface area (Å²) in [7, 11) is 0. The van der Waals surface area contributed by atoms with E-state index < -0.39 is 0 Å². The third-order valence-corrected chi connectivity index (χ3v) is 5.24. The van der Waals surface area contributed by atoms with Crippen molar-refractivity contribution in [2.24, 2.45) is 0 Å². The van der Waals surface area contributed by atoms with Crippen LogP contribution in [0.4, 0.5) is 0 Å². The van der Waals surface area contributed by atoms with E-state index in [2.05, 4.69) is 79.7 Å². The Balaban J connectivity index is 1.68. The van der Waals surface area contributed by atoms with Gasteiger partial charge in [0.25, 0.3) is 0 Å². The Labute approximate surface area is 134 Å². The number of aryl methyl sites for hydroxylation is 1. The van der Waals surface area contributed by atoms with Crippen molar-refractivity contribution in [1.29, 1.82) is 0 Å². The van der Waals surface area contributed by atoms with Crippen LogP contribution in [0.25, 0.3) is 0 Å². The van der Waals surface area contributed by atoms with Gasteiger partial charge in [-0.05, 0) is 55.5 Å². The summed E-state index contributed by atoms with van der Waals surface area (Å²) in [6, 6.07) is 28.1. The minimum Gasteiger partial charge on any atom is -0.0901 e. The van der Waals surface area contributed by atoms with Crippen LogP contribution >= 0.6 is 11.8 Å². The second kappa shape index (κ2) is 6.88. The average molecular weight is 309 g/mol. The molecule has 0 aromatic heterocycles. The quantitative estimate of drug-likeness (QED) is 0.460. The fourth-order valence-corrected chi connectivity index (χ4v) is 3.71. The van der Waals surface area contributed by atoms with Gasteiger partial charge in [-0.3, -0.25) is 0 Å². The second-order valence-corrected chi connectivity index (χ2v) is 7.26. The molecule has 0 nitrogen and oxygen atoms in total. The number of hydrogen-bond donors (Lipinski definition) is 0. The molecule has 0 bridgehead atoms. The van der Waals surface area contributed by atoms with Crippen molar-refractivity contribution in [3.05, 3.63) is 84.4 Å². The highest BCUT2D eigenvalue weighted by molar-refractivity contribution is 7.99. The summed E-state index contributed by atoms with van der Waals surface area (Å²) >= 11 is 3.07. The van der Waals surface area contributed by atoms with Crippen LogP contribution in [0.3, 0.4) is 0 Å². The summed E-state index contributed by atoms with van der Waals surface area (Å²) in [5.41, 5.74) is 1.31. The van der Waals surface area contributed by atoms with Gasteiger partial charge in [-0.15, -0.1) is 0 Å². The lowest BCUT2D eigenvalue weighted by Gasteiger charge is -2.01. The molecule has 0 N–H and O–H groups in total. The molecule has 0 unspecified atom stereocenters. The maximum absolute atomic E-state index is 2.21. The molecule has 0 amide bonds.